The third-order valence-electron chi connectivity index (χ3n) is 4.57. The molecule has 28 heavy (non-hydrogen) atoms. The molecule has 0 aliphatic carbocycles. The standard InChI is InChI=1S/C23H21ClO4/c1-27-22(26)23(19-10-6-3-7-11-19,28-16-17-8-4-2-5-9-17)21(25)18-12-14-20(24)15-13-18/h2-15,21,25H,16H2,1H3/t21-,23-/m0/s1. The van der Waals surface area contributed by atoms with Crippen molar-refractivity contribution < 1.29 is 19.4 Å². The first-order valence-electron chi connectivity index (χ1n) is 8.83. The Morgan fingerprint density at radius 3 is 2.11 bits per heavy atom. The average molecular weight is 397 g/mol. The molecule has 0 amide bonds. The van der Waals surface area contributed by atoms with Crippen molar-refractivity contribution in [1.82, 2.24) is 0 Å². The highest BCUT2D eigenvalue weighted by Gasteiger charge is 2.50. The van der Waals surface area contributed by atoms with Crippen molar-refractivity contribution in [2.45, 2.75) is 18.3 Å². The lowest BCUT2D eigenvalue weighted by Gasteiger charge is -2.36. The molecule has 0 aliphatic rings. The summed E-state index contributed by atoms with van der Waals surface area (Å²) in [5, 5.41) is 11.8. The van der Waals surface area contributed by atoms with Crippen LogP contribution in [0.2, 0.25) is 5.02 Å². The Labute approximate surface area is 169 Å². The van der Waals surface area contributed by atoms with Crippen LogP contribution < -0.4 is 0 Å². The summed E-state index contributed by atoms with van der Waals surface area (Å²) in [7, 11) is 1.28. The number of hydrogen-bond donors (Lipinski definition) is 1. The molecule has 0 heterocycles. The second-order valence-corrected chi connectivity index (χ2v) is 6.76. The molecule has 1 N–H and O–H groups in total. The van der Waals surface area contributed by atoms with Gasteiger partial charge < -0.3 is 14.6 Å². The number of halogens is 1. The maximum absolute atomic E-state index is 13.0. The topological polar surface area (TPSA) is 55.8 Å². The maximum Gasteiger partial charge on any atom is 0.346 e. The van der Waals surface area contributed by atoms with E-state index in [1.54, 1.807) is 48.5 Å². The van der Waals surface area contributed by atoms with Gasteiger partial charge in [-0.15, -0.1) is 0 Å². The molecule has 0 aromatic heterocycles. The highest BCUT2D eigenvalue weighted by Crippen LogP contribution is 2.41. The molecule has 144 valence electrons. The Bertz CT molecular complexity index is 897. The van der Waals surface area contributed by atoms with Crippen LogP contribution in [0.1, 0.15) is 22.8 Å². The Morgan fingerprint density at radius 1 is 0.964 bits per heavy atom. The van der Waals surface area contributed by atoms with E-state index in [1.807, 2.05) is 36.4 Å². The first-order valence-corrected chi connectivity index (χ1v) is 9.21. The molecule has 0 saturated carbocycles. The van der Waals surface area contributed by atoms with Crippen LogP contribution in [-0.2, 0) is 26.5 Å². The summed E-state index contributed by atoms with van der Waals surface area (Å²) < 4.78 is 11.2. The van der Waals surface area contributed by atoms with Crippen molar-refractivity contribution in [3.05, 3.63) is 107 Å². The van der Waals surface area contributed by atoms with Crippen molar-refractivity contribution >= 4 is 17.6 Å². The molecule has 0 aliphatic heterocycles. The van der Waals surface area contributed by atoms with Gasteiger partial charge in [0.15, 0.2) is 0 Å². The zero-order chi connectivity index (χ0) is 20.0. The molecule has 2 atom stereocenters. The first kappa shape index (κ1) is 20.1. The molecule has 0 saturated heterocycles. The number of aliphatic hydroxyl groups excluding tert-OH is 1. The SMILES string of the molecule is COC(=O)[C@](OCc1ccccc1)(c1ccccc1)[C@@H](O)c1ccc(Cl)cc1. The van der Waals surface area contributed by atoms with Crippen LogP contribution in [0.25, 0.3) is 0 Å². The third kappa shape index (κ3) is 4.09. The summed E-state index contributed by atoms with van der Waals surface area (Å²) >= 11 is 5.97. The smallest absolute Gasteiger partial charge is 0.346 e. The quantitative estimate of drug-likeness (QED) is 0.590. The summed E-state index contributed by atoms with van der Waals surface area (Å²) in [4.78, 5) is 13.0. The number of aliphatic hydroxyl groups is 1. The first-order chi connectivity index (χ1) is 13.6. The molecular weight excluding hydrogens is 376 g/mol. The second kappa shape index (κ2) is 9.02. The van der Waals surface area contributed by atoms with Gasteiger partial charge in [-0.05, 0) is 28.8 Å². The number of ether oxygens (including phenoxy) is 2. The second-order valence-electron chi connectivity index (χ2n) is 6.32. The van der Waals surface area contributed by atoms with Gasteiger partial charge in [-0.3, -0.25) is 0 Å². The molecule has 0 unspecified atom stereocenters. The number of benzene rings is 3. The molecule has 0 fully saturated rings. The summed E-state index contributed by atoms with van der Waals surface area (Å²) in [6.07, 6.45) is -1.30. The Kier molecular flexibility index (Phi) is 6.47. The Balaban J connectivity index is 2.09. The molecule has 3 rings (SSSR count). The van der Waals surface area contributed by atoms with Crippen molar-refractivity contribution in [2.24, 2.45) is 0 Å². The lowest BCUT2D eigenvalue weighted by Crippen LogP contribution is -2.45. The fourth-order valence-corrected chi connectivity index (χ4v) is 3.22. The van der Waals surface area contributed by atoms with Gasteiger partial charge in [0.25, 0.3) is 0 Å². The lowest BCUT2D eigenvalue weighted by atomic mass is 9.84. The van der Waals surface area contributed by atoms with Crippen molar-refractivity contribution in [1.29, 1.82) is 0 Å². The van der Waals surface area contributed by atoms with Gasteiger partial charge in [0.2, 0.25) is 5.60 Å². The van der Waals surface area contributed by atoms with Crippen LogP contribution in [0.4, 0.5) is 0 Å². The van der Waals surface area contributed by atoms with E-state index in [-0.39, 0.29) is 6.61 Å². The molecule has 0 radical (unpaired) electrons. The van der Waals surface area contributed by atoms with E-state index in [0.717, 1.165) is 5.56 Å². The Hall–Kier alpha value is -2.66. The normalized spacial score (nSPS) is 14.1. The fourth-order valence-electron chi connectivity index (χ4n) is 3.10. The number of esters is 1. The van der Waals surface area contributed by atoms with Crippen LogP contribution in [0.5, 0.6) is 0 Å². The summed E-state index contributed by atoms with van der Waals surface area (Å²) in [6.45, 7) is 0.121. The fraction of sp³-hybridized carbons (Fsp3) is 0.174. The average Bonchev–Trinajstić information content (AvgIpc) is 2.75. The minimum absolute atomic E-state index is 0.121. The molecule has 5 heteroatoms. The summed E-state index contributed by atoms with van der Waals surface area (Å²) in [6, 6.07) is 25.0. The lowest BCUT2D eigenvalue weighted by molar-refractivity contribution is -0.194. The predicted molar refractivity (Wildman–Crippen MR) is 108 cm³/mol. The van der Waals surface area contributed by atoms with Crippen LogP contribution in [0, 0.1) is 0 Å². The van der Waals surface area contributed by atoms with Gasteiger partial charge in [0.05, 0.1) is 13.7 Å². The van der Waals surface area contributed by atoms with E-state index in [0.29, 0.717) is 16.1 Å². The minimum Gasteiger partial charge on any atom is -0.467 e. The summed E-state index contributed by atoms with van der Waals surface area (Å²) in [5.41, 5.74) is 0.126. The minimum atomic E-state index is -1.74. The van der Waals surface area contributed by atoms with E-state index >= 15 is 0 Å². The van der Waals surface area contributed by atoms with Gasteiger partial charge in [0.1, 0.15) is 6.10 Å². The van der Waals surface area contributed by atoms with Crippen LogP contribution in [-0.4, -0.2) is 18.2 Å². The number of carbonyl (C=O) groups excluding carboxylic acids is 1. The van der Waals surface area contributed by atoms with Crippen LogP contribution in [0.15, 0.2) is 84.9 Å². The van der Waals surface area contributed by atoms with Crippen LogP contribution >= 0.6 is 11.6 Å². The summed E-state index contributed by atoms with van der Waals surface area (Å²) in [5.74, 6) is -0.683. The molecule has 0 spiro atoms. The predicted octanol–water partition coefficient (Wildman–Crippen LogP) is 4.66. The maximum atomic E-state index is 13.0. The Morgan fingerprint density at radius 2 is 1.54 bits per heavy atom. The number of carbonyl (C=O) groups is 1. The largest absolute Gasteiger partial charge is 0.467 e. The van der Waals surface area contributed by atoms with Crippen LogP contribution in [0.3, 0.4) is 0 Å². The number of hydrogen-bond acceptors (Lipinski definition) is 4. The van der Waals surface area contributed by atoms with Gasteiger partial charge in [-0.25, -0.2) is 4.79 Å². The number of methoxy groups -OCH3 is 1. The molecular formula is C23H21ClO4. The van der Waals surface area contributed by atoms with Gasteiger partial charge in [-0.2, -0.15) is 0 Å². The molecule has 3 aromatic rings. The highest BCUT2D eigenvalue weighted by molar-refractivity contribution is 6.30. The van der Waals surface area contributed by atoms with Gasteiger partial charge in [0, 0.05) is 5.02 Å². The van der Waals surface area contributed by atoms with E-state index in [1.165, 1.54) is 7.11 Å². The monoisotopic (exact) mass is 396 g/mol. The third-order valence-corrected chi connectivity index (χ3v) is 4.82. The zero-order valence-corrected chi connectivity index (χ0v) is 16.2. The zero-order valence-electron chi connectivity index (χ0n) is 15.4. The van der Waals surface area contributed by atoms with E-state index in [9.17, 15) is 9.90 Å². The molecule has 4 nitrogen and oxygen atoms in total. The van der Waals surface area contributed by atoms with E-state index in [2.05, 4.69) is 0 Å². The highest BCUT2D eigenvalue weighted by atomic mass is 35.5. The number of rotatable bonds is 7. The van der Waals surface area contributed by atoms with E-state index < -0.39 is 17.7 Å². The van der Waals surface area contributed by atoms with Gasteiger partial charge >= 0.3 is 5.97 Å². The molecule has 3 aromatic carbocycles. The van der Waals surface area contributed by atoms with Crippen molar-refractivity contribution in [3.8, 4) is 0 Å². The van der Waals surface area contributed by atoms with Crippen molar-refractivity contribution in [3.63, 3.8) is 0 Å². The van der Waals surface area contributed by atoms with E-state index in [4.69, 9.17) is 21.1 Å². The van der Waals surface area contributed by atoms with Crippen molar-refractivity contribution in [2.75, 3.05) is 7.11 Å². The molecule has 0 bridgehead atoms. The van der Waals surface area contributed by atoms with Gasteiger partial charge in [-0.1, -0.05) is 84.4 Å².